The monoisotopic (exact) mass is 327 g/mol. The van der Waals surface area contributed by atoms with E-state index >= 15 is 0 Å². The number of aryl methyl sites for hydroxylation is 1. The molecular formula is C14H21N3O4S. The van der Waals surface area contributed by atoms with E-state index in [9.17, 15) is 18.3 Å². The predicted octanol–water partition coefficient (Wildman–Crippen LogP) is -0.0934. The summed E-state index contributed by atoms with van der Waals surface area (Å²) in [5.41, 5.74) is 1.03. The van der Waals surface area contributed by atoms with E-state index in [-0.39, 0.29) is 10.8 Å². The van der Waals surface area contributed by atoms with E-state index in [2.05, 4.69) is 10.6 Å². The van der Waals surface area contributed by atoms with E-state index in [4.69, 9.17) is 0 Å². The first-order valence-corrected chi connectivity index (χ1v) is 8.41. The van der Waals surface area contributed by atoms with Gasteiger partial charge in [-0.3, -0.25) is 4.79 Å². The molecule has 0 bridgehead atoms. The zero-order valence-corrected chi connectivity index (χ0v) is 13.6. The molecule has 0 radical (unpaired) electrons. The third kappa shape index (κ3) is 3.46. The van der Waals surface area contributed by atoms with Crippen molar-refractivity contribution in [3.8, 4) is 0 Å². The molecule has 2 rings (SSSR count). The zero-order valence-electron chi connectivity index (χ0n) is 12.8. The van der Waals surface area contributed by atoms with Crippen LogP contribution in [-0.2, 0) is 14.8 Å². The van der Waals surface area contributed by atoms with Crippen LogP contribution in [0.15, 0.2) is 23.1 Å². The third-order valence-electron chi connectivity index (χ3n) is 3.64. The van der Waals surface area contributed by atoms with Crippen LogP contribution < -0.4 is 10.6 Å². The largest absolute Gasteiger partial charge is 0.392 e. The molecule has 7 nitrogen and oxygen atoms in total. The number of β-amino-alcohol motifs (C(OH)–C–C–N with tert-alkyl or cyclic N) is 1. The molecule has 1 amide bonds. The van der Waals surface area contributed by atoms with Gasteiger partial charge in [-0.15, -0.1) is 0 Å². The molecule has 22 heavy (non-hydrogen) atoms. The number of hydrogen-bond donors (Lipinski definition) is 3. The molecule has 0 saturated carbocycles. The van der Waals surface area contributed by atoms with Crippen LogP contribution in [0, 0.1) is 6.92 Å². The Kier molecular flexibility index (Phi) is 4.86. The highest BCUT2D eigenvalue weighted by Crippen LogP contribution is 2.22. The summed E-state index contributed by atoms with van der Waals surface area (Å²) in [6.07, 6.45) is -0.181. The van der Waals surface area contributed by atoms with Crippen LogP contribution in [-0.4, -0.2) is 56.5 Å². The third-order valence-corrected chi connectivity index (χ3v) is 5.60. The molecule has 8 heteroatoms. The molecule has 2 atom stereocenters. The Morgan fingerprint density at radius 2 is 2.09 bits per heavy atom. The van der Waals surface area contributed by atoms with Crippen molar-refractivity contribution in [3.63, 3.8) is 0 Å². The number of carbonyl (C=O) groups is 1. The Morgan fingerprint density at radius 3 is 2.64 bits per heavy atom. The molecule has 122 valence electrons. The second-order valence-corrected chi connectivity index (χ2v) is 7.73. The molecule has 1 aliphatic rings. The van der Waals surface area contributed by atoms with Gasteiger partial charge in [0.25, 0.3) is 0 Å². The SMILES string of the molecule is Cc1ccc(NC(=O)C2CC(O)CN2)cc1S(=O)(=O)N(C)C. The van der Waals surface area contributed by atoms with Gasteiger partial charge >= 0.3 is 0 Å². The molecular weight excluding hydrogens is 306 g/mol. The fraction of sp³-hybridized carbons (Fsp3) is 0.500. The second kappa shape index (κ2) is 6.33. The number of rotatable bonds is 4. The van der Waals surface area contributed by atoms with Crippen molar-refractivity contribution in [1.29, 1.82) is 0 Å². The summed E-state index contributed by atoms with van der Waals surface area (Å²) in [6, 6.07) is 4.30. The van der Waals surface area contributed by atoms with Gasteiger partial charge in [0.2, 0.25) is 15.9 Å². The van der Waals surface area contributed by atoms with Crippen LogP contribution in [0.3, 0.4) is 0 Å². The van der Waals surface area contributed by atoms with Crippen LogP contribution in [0.4, 0.5) is 5.69 Å². The van der Waals surface area contributed by atoms with Crippen molar-refractivity contribution >= 4 is 21.6 Å². The number of nitrogens with zero attached hydrogens (tertiary/aromatic N) is 1. The molecule has 1 saturated heterocycles. The van der Waals surface area contributed by atoms with Crippen molar-refractivity contribution < 1.29 is 18.3 Å². The van der Waals surface area contributed by atoms with E-state index in [1.54, 1.807) is 19.1 Å². The molecule has 2 unspecified atom stereocenters. The number of carbonyl (C=O) groups excluding carboxylic acids is 1. The first-order chi connectivity index (χ1) is 10.2. The lowest BCUT2D eigenvalue weighted by Crippen LogP contribution is -2.35. The van der Waals surface area contributed by atoms with E-state index in [0.29, 0.717) is 24.2 Å². The van der Waals surface area contributed by atoms with Gasteiger partial charge in [0.1, 0.15) is 0 Å². The van der Waals surface area contributed by atoms with Gasteiger partial charge in [-0.2, -0.15) is 0 Å². The average molecular weight is 327 g/mol. The first-order valence-electron chi connectivity index (χ1n) is 6.97. The van der Waals surface area contributed by atoms with Crippen molar-refractivity contribution in [2.24, 2.45) is 0 Å². The van der Waals surface area contributed by atoms with Gasteiger partial charge in [-0.1, -0.05) is 6.07 Å². The molecule has 1 aromatic rings. The lowest BCUT2D eigenvalue weighted by atomic mass is 10.2. The minimum Gasteiger partial charge on any atom is -0.392 e. The van der Waals surface area contributed by atoms with Crippen LogP contribution in [0.2, 0.25) is 0 Å². The lowest BCUT2D eigenvalue weighted by Gasteiger charge is -2.16. The average Bonchev–Trinajstić information content (AvgIpc) is 2.87. The number of nitrogens with one attached hydrogen (secondary N) is 2. The fourth-order valence-corrected chi connectivity index (χ4v) is 3.44. The zero-order chi connectivity index (χ0) is 16.5. The van der Waals surface area contributed by atoms with Crippen LogP contribution in [0.5, 0.6) is 0 Å². The maximum Gasteiger partial charge on any atom is 0.242 e. The summed E-state index contributed by atoms with van der Waals surface area (Å²) in [5, 5.41) is 15.0. The van der Waals surface area contributed by atoms with E-state index in [1.165, 1.54) is 20.2 Å². The Balaban J connectivity index is 2.21. The quantitative estimate of drug-likeness (QED) is 0.718. The minimum atomic E-state index is -3.57. The topological polar surface area (TPSA) is 98.7 Å². The summed E-state index contributed by atoms with van der Waals surface area (Å²) in [5.74, 6) is -0.284. The van der Waals surface area contributed by atoms with E-state index < -0.39 is 22.2 Å². The number of hydrogen-bond acceptors (Lipinski definition) is 5. The molecule has 0 aromatic heterocycles. The number of amides is 1. The molecule has 1 fully saturated rings. The summed E-state index contributed by atoms with van der Waals surface area (Å²) in [6.45, 7) is 2.09. The summed E-state index contributed by atoms with van der Waals surface area (Å²) in [4.78, 5) is 12.3. The Morgan fingerprint density at radius 1 is 1.41 bits per heavy atom. The summed E-state index contributed by atoms with van der Waals surface area (Å²) in [7, 11) is -0.643. The number of aliphatic hydroxyl groups excluding tert-OH is 1. The van der Waals surface area contributed by atoms with Crippen LogP contribution >= 0.6 is 0 Å². The van der Waals surface area contributed by atoms with E-state index in [0.717, 1.165) is 4.31 Å². The van der Waals surface area contributed by atoms with Crippen molar-refractivity contribution in [2.75, 3.05) is 26.0 Å². The van der Waals surface area contributed by atoms with Gasteiger partial charge in [0.15, 0.2) is 0 Å². The molecule has 1 aromatic carbocycles. The normalized spacial score (nSPS) is 22.0. The van der Waals surface area contributed by atoms with Crippen molar-refractivity contribution in [3.05, 3.63) is 23.8 Å². The molecule has 1 heterocycles. The molecule has 1 aliphatic heterocycles. The van der Waals surface area contributed by atoms with Gasteiger partial charge in [0, 0.05) is 26.3 Å². The number of aliphatic hydroxyl groups is 1. The lowest BCUT2D eigenvalue weighted by molar-refractivity contribution is -0.117. The number of anilines is 1. The van der Waals surface area contributed by atoms with Crippen LogP contribution in [0.25, 0.3) is 0 Å². The highest BCUT2D eigenvalue weighted by molar-refractivity contribution is 7.89. The van der Waals surface area contributed by atoms with Gasteiger partial charge in [0.05, 0.1) is 17.0 Å². The predicted molar refractivity (Wildman–Crippen MR) is 83.1 cm³/mol. The Bertz CT molecular complexity index is 673. The highest BCUT2D eigenvalue weighted by Gasteiger charge is 2.28. The highest BCUT2D eigenvalue weighted by atomic mass is 32.2. The maximum atomic E-state index is 12.3. The molecule has 3 N–H and O–H groups in total. The number of sulfonamides is 1. The minimum absolute atomic E-state index is 0.162. The Hall–Kier alpha value is -1.48. The Labute approximate surface area is 130 Å². The maximum absolute atomic E-state index is 12.3. The van der Waals surface area contributed by atoms with Crippen molar-refractivity contribution in [2.45, 2.75) is 30.4 Å². The second-order valence-electron chi connectivity index (χ2n) is 5.61. The van der Waals surface area contributed by atoms with Gasteiger partial charge in [-0.25, -0.2) is 12.7 Å². The summed E-state index contributed by atoms with van der Waals surface area (Å²) < 4.78 is 25.7. The first kappa shape index (κ1) is 16.9. The summed E-state index contributed by atoms with van der Waals surface area (Å²) >= 11 is 0. The fourth-order valence-electron chi connectivity index (χ4n) is 2.30. The standard InChI is InChI=1S/C14H21N3O4S/c1-9-4-5-10(6-13(9)22(20,21)17(2)3)16-14(19)12-7-11(18)8-15-12/h4-6,11-12,15,18H,7-8H2,1-3H3,(H,16,19). The van der Waals surface area contributed by atoms with E-state index in [1.807, 2.05) is 0 Å². The number of benzene rings is 1. The molecule has 0 spiro atoms. The van der Waals surface area contributed by atoms with Gasteiger partial charge in [-0.05, 0) is 31.0 Å². The molecule has 0 aliphatic carbocycles. The smallest absolute Gasteiger partial charge is 0.242 e. The van der Waals surface area contributed by atoms with Gasteiger partial charge < -0.3 is 15.7 Å². The van der Waals surface area contributed by atoms with Crippen molar-refractivity contribution in [1.82, 2.24) is 9.62 Å². The van der Waals surface area contributed by atoms with Crippen LogP contribution in [0.1, 0.15) is 12.0 Å².